The molecule has 1 aliphatic heterocycles. The Hall–Kier alpha value is -2.51. The maximum atomic E-state index is 13.0. The summed E-state index contributed by atoms with van der Waals surface area (Å²) in [5.41, 5.74) is 4.98. The van der Waals surface area contributed by atoms with Crippen LogP contribution in [0.3, 0.4) is 0 Å². The van der Waals surface area contributed by atoms with Gasteiger partial charge in [0, 0.05) is 22.7 Å². The number of carbonyl (C=O) groups is 1. The minimum atomic E-state index is -0.271. The van der Waals surface area contributed by atoms with E-state index in [0.29, 0.717) is 19.6 Å². The third-order valence-corrected chi connectivity index (χ3v) is 6.62. The van der Waals surface area contributed by atoms with Gasteiger partial charge in [-0.3, -0.25) is 4.79 Å². The Balaban J connectivity index is 1.54. The highest BCUT2D eigenvalue weighted by Crippen LogP contribution is 2.38. The number of amides is 1. The molecule has 6 nitrogen and oxygen atoms in total. The van der Waals surface area contributed by atoms with Gasteiger partial charge in [0.1, 0.15) is 5.01 Å². The molecule has 2 atom stereocenters. The van der Waals surface area contributed by atoms with Crippen LogP contribution in [0.4, 0.5) is 0 Å². The second-order valence-corrected chi connectivity index (χ2v) is 8.77. The second kappa shape index (κ2) is 8.08. The highest BCUT2D eigenvalue weighted by Gasteiger charge is 2.38. The quantitative estimate of drug-likeness (QED) is 0.691. The first-order valence-corrected chi connectivity index (χ1v) is 10.7. The number of carbonyl (C=O) groups excluding carboxylic acids is 1. The summed E-state index contributed by atoms with van der Waals surface area (Å²) in [6.45, 7) is 9.11. The SMILES string of the molecule is Cc1nc(CNC(=O)[C@H]2CCO[C@@H]2c2c(C)nn(-c3ccccc3)c2C)sc1C. The number of hydrogen-bond donors (Lipinski definition) is 1. The van der Waals surface area contributed by atoms with Crippen molar-refractivity contribution >= 4 is 17.2 Å². The topological polar surface area (TPSA) is 69.0 Å². The van der Waals surface area contributed by atoms with E-state index >= 15 is 0 Å². The van der Waals surface area contributed by atoms with Crippen LogP contribution in [0.2, 0.25) is 0 Å². The number of para-hydroxylation sites is 1. The predicted octanol–water partition coefficient (Wildman–Crippen LogP) is 3.96. The van der Waals surface area contributed by atoms with Gasteiger partial charge in [-0.25, -0.2) is 9.67 Å². The van der Waals surface area contributed by atoms with Gasteiger partial charge < -0.3 is 10.1 Å². The molecule has 1 saturated heterocycles. The van der Waals surface area contributed by atoms with E-state index in [2.05, 4.69) is 17.2 Å². The van der Waals surface area contributed by atoms with Crippen molar-refractivity contribution in [3.63, 3.8) is 0 Å². The molecule has 7 heteroatoms. The van der Waals surface area contributed by atoms with Crippen LogP contribution in [0.5, 0.6) is 0 Å². The van der Waals surface area contributed by atoms with E-state index in [1.807, 2.05) is 55.8 Å². The van der Waals surface area contributed by atoms with E-state index < -0.39 is 0 Å². The molecule has 0 spiro atoms. The van der Waals surface area contributed by atoms with Crippen molar-refractivity contribution < 1.29 is 9.53 Å². The minimum Gasteiger partial charge on any atom is -0.373 e. The standard InChI is InChI=1S/C22H26N4O2S/c1-13-16(4)29-19(24-13)12-23-22(27)18-10-11-28-21(18)20-14(2)25-26(15(20)3)17-8-6-5-7-9-17/h5-9,18,21H,10-12H2,1-4H3,(H,23,27)/t18-,21-/m0/s1. The molecule has 2 aromatic heterocycles. The van der Waals surface area contributed by atoms with Crippen molar-refractivity contribution in [2.75, 3.05) is 6.61 Å². The molecule has 1 N–H and O–H groups in total. The molecule has 1 aromatic carbocycles. The molecule has 1 amide bonds. The fourth-order valence-electron chi connectivity index (χ4n) is 3.94. The van der Waals surface area contributed by atoms with Crippen LogP contribution in [0.15, 0.2) is 30.3 Å². The van der Waals surface area contributed by atoms with E-state index in [1.165, 1.54) is 4.88 Å². The fraction of sp³-hybridized carbons (Fsp3) is 0.409. The first kappa shape index (κ1) is 19.8. The maximum Gasteiger partial charge on any atom is 0.226 e. The van der Waals surface area contributed by atoms with Crippen LogP contribution in [0, 0.1) is 33.6 Å². The van der Waals surface area contributed by atoms with Crippen molar-refractivity contribution in [3.05, 3.63) is 62.9 Å². The monoisotopic (exact) mass is 410 g/mol. The van der Waals surface area contributed by atoms with Crippen LogP contribution in [-0.4, -0.2) is 27.3 Å². The van der Waals surface area contributed by atoms with Gasteiger partial charge in [-0.15, -0.1) is 11.3 Å². The van der Waals surface area contributed by atoms with Crippen LogP contribution in [-0.2, 0) is 16.1 Å². The number of aryl methyl sites for hydroxylation is 3. The van der Waals surface area contributed by atoms with Gasteiger partial charge in [-0.05, 0) is 46.2 Å². The zero-order chi connectivity index (χ0) is 20.5. The third kappa shape index (κ3) is 3.84. The summed E-state index contributed by atoms with van der Waals surface area (Å²) in [4.78, 5) is 18.7. The largest absolute Gasteiger partial charge is 0.373 e. The van der Waals surface area contributed by atoms with Gasteiger partial charge in [-0.1, -0.05) is 18.2 Å². The Morgan fingerprint density at radius 3 is 2.66 bits per heavy atom. The third-order valence-electron chi connectivity index (χ3n) is 5.55. The summed E-state index contributed by atoms with van der Waals surface area (Å²) >= 11 is 1.63. The number of hydrogen-bond acceptors (Lipinski definition) is 5. The lowest BCUT2D eigenvalue weighted by molar-refractivity contribution is -0.127. The van der Waals surface area contributed by atoms with E-state index in [4.69, 9.17) is 9.84 Å². The molecule has 0 radical (unpaired) electrons. The molecule has 4 rings (SSSR count). The highest BCUT2D eigenvalue weighted by atomic mass is 32.1. The molecule has 29 heavy (non-hydrogen) atoms. The Bertz CT molecular complexity index is 1010. The van der Waals surface area contributed by atoms with E-state index in [1.54, 1.807) is 11.3 Å². The molecule has 0 bridgehead atoms. The fourth-order valence-corrected chi connectivity index (χ4v) is 4.81. The average Bonchev–Trinajstić information content (AvgIpc) is 3.39. The highest BCUT2D eigenvalue weighted by molar-refractivity contribution is 7.11. The van der Waals surface area contributed by atoms with Gasteiger partial charge in [0.15, 0.2) is 0 Å². The van der Waals surface area contributed by atoms with Gasteiger partial charge in [0.25, 0.3) is 0 Å². The average molecular weight is 411 g/mol. The van der Waals surface area contributed by atoms with Crippen molar-refractivity contribution in [2.24, 2.45) is 5.92 Å². The summed E-state index contributed by atoms with van der Waals surface area (Å²) in [5, 5.41) is 8.72. The molecule has 3 aromatic rings. The molecule has 0 saturated carbocycles. The summed E-state index contributed by atoms with van der Waals surface area (Å²) in [6.07, 6.45) is 0.439. The first-order valence-electron chi connectivity index (χ1n) is 9.89. The number of aromatic nitrogens is 3. The minimum absolute atomic E-state index is 0.0178. The lowest BCUT2D eigenvalue weighted by Crippen LogP contribution is -2.32. The second-order valence-electron chi connectivity index (χ2n) is 7.49. The summed E-state index contributed by atoms with van der Waals surface area (Å²) in [7, 11) is 0. The first-order chi connectivity index (χ1) is 14.0. The van der Waals surface area contributed by atoms with E-state index in [0.717, 1.165) is 33.3 Å². The van der Waals surface area contributed by atoms with Gasteiger partial charge in [-0.2, -0.15) is 5.10 Å². The molecule has 0 aliphatic carbocycles. The van der Waals surface area contributed by atoms with Crippen molar-refractivity contribution in [2.45, 2.75) is 46.8 Å². The van der Waals surface area contributed by atoms with Gasteiger partial charge in [0.05, 0.1) is 35.6 Å². The zero-order valence-corrected chi connectivity index (χ0v) is 18.0. The van der Waals surface area contributed by atoms with Crippen LogP contribution in [0.1, 0.15) is 45.1 Å². The van der Waals surface area contributed by atoms with E-state index in [9.17, 15) is 4.79 Å². The Labute approximate surface area is 174 Å². The molecular weight excluding hydrogens is 384 g/mol. The zero-order valence-electron chi connectivity index (χ0n) is 17.2. The smallest absolute Gasteiger partial charge is 0.226 e. The van der Waals surface area contributed by atoms with Crippen LogP contribution >= 0.6 is 11.3 Å². The number of nitrogens with zero attached hydrogens (tertiary/aromatic N) is 3. The van der Waals surface area contributed by atoms with Crippen molar-refractivity contribution in [1.82, 2.24) is 20.1 Å². The predicted molar refractivity (Wildman–Crippen MR) is 113 cm³/mol. The number of ether oxygens (including phenoxy) is 1. The lowest BCUT2D eigenvalue weighted by Gasteiger charge is -2.19. The Kier molecular flexibility index (Phi) is 5.52. The number of benzene rings is 1. The molecule has 1 aliphatic rings. The van der Waals surface area contributed by atoms with Crippen LogP contribution in [0.25, 0.3) is 5.69 Å². The summed E-state index contributed by atoms with van der Waals surface area (Å²) < 4.78 is 7.96. The molecule has 0 unspecified atom stereocenters. The van der Waals surface area contributed by atoms with Crippen molar-refractivity contribution in [1.29, 1.82) is 0 Å². The van der Waals surface area contributed by atoms with E-state index in [-0.39, 0.29) is 17.9 Å². The molecule has 1 fully saturated rings. The maximum absolute atomic E-state index is 13.0. The summed E-state index contributed by atoms with van der Waals surface area (Å²) in [5.74, 6) is -0.202. The Morgan fingerprint density at radius 2 is 1.97 bits per heavy atom. The number of nitrogens with one attached hydrogen (secondary N) is 1. The molecular formula is C22H26N4O2S. The molecule has 152 valence electrons. The Morgan fingerprint density at radius 1 is 1.21 bits per heavy atom. The van der Waals surface area contributed by atoms with Gasteiger partial charge in [0.2, 0.25) is 5.91 Å². The lowest BCUT2D eigenvalue weighted by atomic mass is 9.93. The normalized spacial score (nSPS) is 18.9. The van der Waals surface area contributed by atoms with Crippen molar-refractivity contribution in [3.8, 4) is 5.69 Å². The number of rotatable bonds is 5. The van der Waals surface area contributed by atoms with Crippen LogP contribution < -0.4 is 5.32 Å². The number of thiazole rings is 1. The molecule has 3 heterocycles. The summed E-state index contributed by atoms with van der Waals surface area (Å²) in [6, 6.07) is 10.0. The van der Waals surface area contributed by atoms with Gasteiger partial charge >= 0.3 is 0 Å².